The van der Waals surface area contributed by atoms with Crippen LogP contribution < -0.4 is 10.1 Å². The van der Waals surface area contributed by atoms with Crippen molar-refractivity contribution >= 4 is 11.7 Å². The monoisotopic (exact) mass is 253 g/mol. The van der Waals surface area contributed by atoms with Crippen LogP contribution in [0.5, 0.6) is 5.75 Å². The summed E-state index contributed by atoms with van der Waals surface area (Å²) < 4.78 is 10.3. The molecule has 0 saturated heterocycles. The fourth-order valence-electron chi connectivity index (χ4n) is 1.48. The highest BCUT2D eigenvalue weighted by atomic mass is 16.5. The van der Waals surface area contributed by atoms with E-state index in [0.29, 0.717) is 18.0 Å². The summed E-state index contributed by atoms with van der Waals surface area (Å²) >= 11 is 0. The molecule has 1 rings (SSSR count). The molecule has 0 saturated carbocycles. The lowest BCUT2D eigenvalue weighted by molar-refractivity contribution is -0.143. The van der Waals surface area contributed by atoms with Crippen molar-refractivity contribution in [2.75, 3.05) is 25.6 Å². The van der Waals surface area contributed by atoms with Gasteiger partial charge in [-0.05, 0) is 26.0 Å². The molecule has 0 heterocycles. The molecule has 0 aliphatic carbocycles. The highest BCUT2D eigenvalue weighted by molar-refractivity contribution is 5.82. The van der Waals surface area contributed by atoms with Crippen molar-refractivity contribution < 1.29 is 19.4 Å². The highest BCUT2D eigenvalue weighted by Gasteiger charge is 2.33. The maximum absolute atomic E-state index is 11.3. The molecule has 18 heavy (non-hydrogen) atoms. The van der Waals surface area contributed by atoms with E-state index in [1.165, 1.54) is 0 Å². The fourth-order valence-corrected chi connectivity index (χ4v) is 1.48. The molecule has 0 radical (unpaired) electrons. The van der Waals surface area contributed by atoms with Crippen LogP contribution in [0.2, 0.25) is 0 Å². The molecule has 0 aliphatic heterocycles. The van der Waals surface area contributed by atoms with Crippen LogP contribution in [0.1, 0.15) is 13.8 Å². The zero-order chi connectivity index (χ0) is 13.6. The summed E-state index contributed by atoms with van der Waals surface area (Å²) in [7, 11) is 1.57. The number of anilines is 1. The second-order valence-corrected chi connectivity index (χ2v) is 4.13. The lowest BCUT2D eigenvalue weighted by Gasteiger charge is -2.27. The molecule has 0 fully saturated rings. The second kappa shape index (κ2) is 6.26. The molecule has 0 aliphatic rings. The third-order valence-electron chi connectivity index (χ3n) is 2.56. The molecule has 100 valence electrons. The number of methoxy groups -OCH3 is 1. The van der Waals surface area contributed by atoms with Crippen molar-refractivity contribution in [2.24, 2.45) is 0 Å². The number of hydrogen-bond donors (Lipinski definition) is 2. The first-order valence-electron chi connectivity index (χ1n) is 5.75. The summed E-state index contributed by atoms with van der Waals surface area (Å²) in [5.41, 5.74) is -0.485. The Morgan fingerprint density at radius 2 is 2.22 bits per heavy atom. The number of hydrogen-bond acceptors (Lipinski definition) is 4. The first-order chi connectivity index (χ1) is 8.51. The average Bonchev–Trinajstić information content (AvgIpc) is 2.36. The topological polar surface area (TPSA) is 67.8 Å². The van der Waals surface area contributed by atoms with Crippen LogP contribution in [0.25, 0.3) is 0 Å². The maximum Gasteiger partial charge on any atom is 0.331 e. The molecule has 0 bridgehead atoms. The van der Waals surface area contributed by atoms with E-state index in [0.717, 1.165) is 0 Å². The van der Waals surface area contributed by atoms with E-state index in [2.05, 4.69) is 5.32 Å². The Labute approximate surface area is 107 Å². The molecule has 0 spiro atoms. The van der Waals surface area contributed by atoms with Gasteiger partial charge in [0, 0.05) is 18.4 Å². The van der Waals surface area contributed by atoms with E-state index in [9.17, 15) is 9.90 Å². The van der Waals surface area contributed by atoms with Crippen molar-refractivity contribution in [3.8, 4) is 5.75 Å². The largest absolute Gasteiger partial charge is 0.497 e. The Balaban J connectivity index is 2.85. The SMILES string of the molecule is CCOCC(C)(Nc1cccc(OC)c1)C(=O)O. The molecule has 1 unspecified atom stereocenters. The maximum atomic E-state index is 11.3. The van der Waals surface area contributed by atoms with E-state index in [4.69, 9.17) is 9.47 Å². The zero-order valence-electron chi connectivity index (χ0n) is 10.9. The molecule has 1 aromatic carbocycles. The van der Waals surface area contributed by atoms with Gasteiger partial charge in [0.25, 0.3) is 0 Å². The molecular formula is C13H19NO4. The van der Waals surface area contributed by atoms with Crippen LogP contribution in [-0.2, 0) is 9.53 Å². The van der Waals surface area contributed by atoms with Gasteiger partial charge in [0.15, 0.2) is 5.54 Å². The van der Waals surface area contributed by atoms with E-state index >= 15 is 0 Å². The standard InChI is InChI=1S/C13H19NO4/c1-4-18-9-13(2,12(15)16)14-10-6-5-7-11(8-10)17-3/h5-8,14H,4,9H2,1-3H3,(H,15,16). The van der Waals surface area contributed by atoms with Crippen molar-refractivity contribution in [1.29, 1.82) is 0 Å². The van der Waals surface area contributed by atoms with Crippen molar-refractivity contribution in [1.82, 2.24) is 0 Å². The summed E-state index contributed by atoms with van der Waals surface area (Å²) in [5.74, 6) is -0.289. The normalized spacial score (nSPS) is 13.7. The van der Waals surface area contributed by atoms with Gasteiger partial charge in [0.2, 0.25) is 0 Å². The molecule has 0 aromatic heterocycles. The van der Waals surface area contributed by atoms with Gasteiger partial charge in [0.05, 0.1) is 13.7 Å². The first-order valence-corrected chi connectivity index (χ1v) is 5.75. The quantitative estimate of drug-likeness (QED) is 0.777. The number of carboxylic acid groups (broad SMARTS) is 1. The molecule has 1 aromatic rings. The number of ether oxygens (including phenoxy) is 2. The summed E-state index contributed by atoms with van der Waals surface area (Å²) in [6, 6.07) is 7.12. The van der Waals surface area contributed by atoms with Gasteiger partial charge < -0.3 is 19.9 Å². The van der Waals surface area contributed by atoms with Gasteiger partial charge in [-0.25, -0.2) is 4.79 Å². The third-order valence-corrected chi connectivity index (χ3v) is 2.56. The second-order valence-electron chi connectivity index (χ2n) is 4.13. The highest BCUT2D eigenvalue weighted by Crippen LogP contribution is 2.21. The van der Waals surface area contributed by atoms with Gasteiger partial charge in [-0.15, -0.1) is 0 Å². The summed E-state index contributed by atoms with van der Waals surface area (Å²) in [5, 5.41) is 12.2. The lowest BCUT2D eigenvalue weighted by atomic mass is 10.0. The van der Waals surface area contributed by atoms with Crippen LogP contribution in [0.3, 0.4) is 0 Å². The summed E-state index contributed by atoms with van der Waals surface area (Å²) in [6.45, 7) is 3.98. The number of carboxylic acids is 1. The van der Waals surface area contributed by atoms with E-state index in [1.807, 2.05) is 6.92 Å². The van der Waals surface area contributed by atoms with Gasteiger partial charge >= 0.3 is 5.97 Å². The Hall–Kier alpha value is -1.75. The summed E-state index contributed by atoms with van der Waals surface area (Å²) in [4.78, 5) is 11.3. The minimum Gasteiger partial charge on any atom is -0.497 e. The Morgan fingerprint density at radius 3 is 2.78 bits per heavy atom. The van der Waals surface area contributed by atoms with Crippen LogP contribution in [0, 0.1) is 0 Å². The predicted molar refractivity (Wildman–Crippen MR) is 69.2 cm³/mol. The van der Waals surface area contributed by atoms with Crippen LogP contribution in [0.4, 0.5) is 5.69 Å². The number of benzene rings is 1. The van der Waals surface area contributed by atoms with Crippen LogP contribution in [-0.4, -0.2) is 36.9 Å². The van der Waals surface area contributed by atoms with Gasteiger partial charge in [-0.2, -0.15) is 0 Å². The smallest absolute Gasteiger partial charge is 0.331 e. The van der Waals surface area contributed by atoms with E-state index in [-0.39, 0.29) is 6.61 Å². The predicted octanol–water partition coefficient (Wildman–Crippen LogP) is 1.99. The molecular weight excluding hydrogens is 234 g/mol. The molecule has 1 atom stereocenters. The van der Waals surface area contributed by atoms with Crippen molar-refractivity contribution in [3.05, 3.63) is 24.3 Å². The minimum atomic E-state index is -1.16. The lowest BCUT2D eigenvalue weighted by Crippen LogP contribution is -2.47. The number of aliphatic carboxylic acids is 1. The zero-order valence-corrected chi connectivity index (χ0v) is 10.9. The number of rotatable bonds is 7. The Bertz CT molecular complexity index is 408. The first kappa shape index (κ1) is 14.3. The van der Waals surface area contributed by atoms with Crippen LogP contribution in [0.15, 0.2) is 24.3 Å². The van der Waals surface area contributed by atoms with Gasteiger partial charge in [-0.1, -0.05) is 6.07 Å². The third kappa shape index (κ3) is 3.63. The average molecular weight is 253 g/mol. The number of nitrogens with one attached hydrogen (secondary N) is 1. The molecule has 2 N–H and O–H groups in total. The van der Waals surface area contributed by atoms with Gasteiger partial charge in [-0.3, -0.25) is 0 Å². The fraction of sp³-hybridized carbons (Fsp3) is 0.462. The Kier molecular flexibility index (Phi) is 4.97. The molecule has 5 heteroatoms. The van der Waals surface area contributed by atoms with Crippen molar-refractivity contribution in [3.63, 3.8) is 0 Å². The van der Waals surface area contributed by atoms with Crippen LogP contribution >= 0.6 is 0 Å². The Morgan fingerprint density at radius 1 is 1.50 bits per heavy atom. The van der Waals surface area contributed by atoms with E-state index < -0.39 is 11.5 Å². The summed E-state index contributed by atoms with van der Waals surface area (Å²) in [6.07, 6.45) is 0. The van der Waals surface area contributed by atoms with E-state index in [1.54, 1.807) is 38.3 Å². The van der Waals surface area contributed by atoms with Gasteiger partial charge in [0.1, 0.15) is 5.75 Å². The number of carbonyl (C=O) groups is 1. The minimum absolute atomic E-state index is 0.0933. The molecule has 0 amide bonds. The molecule has 5 nitrogen and oxygen atoms in total. The van der Waals surface area contributed by atoms with Crippen molar-refractivity contribution in [2.45, 2.75) is 19.4 Å².